The fourth-order valence-corrected chi connectivity index (χ4v) is 1.52. The second-order valence-corrected chi connectivity index (χ2v) is 3.43. The first-order valence-corrected chi connectivity index (χ1v) is 4.92. The topological polar surface area (TPSA) is 94.8 Å². The second-order valence-electron chi connectivity index (χ2n) is 3.05. The minimum Gasteiger partial charge on any atom is -0.367 e. The maximum absolute atomic E-state index is 5.58. The van der Waals surface area contributed by atoms with Crippen LogP contribution in [-0.4, -0.2) is 19.9 Å². The van der Waals surface area contributed by atoms with E-state index in [1.807, 2.05) is 30.3 Å². The fraction of sp³-hybridized carbons (Fsp3) is 0. The number of hydrogen-bond donors (Lipinski definition) is 3. The number of nitrogens with two attached hydrogens (primary N) is 2. The Bertz CT molecular complexity index is 486. The summed E-state index contributed by atoms with van der Waals surface area (Å²) < 4.78 is 1.36. The predicted molar refractivity (Wildman–Crippen MR) is 66.9 cm³/mol. The number of thiocarbonyl (C=S) groups is 1. The van der Waals surface area contributed by atoms with Crippen LogP contribution in [0.4, 0.5) is 17.6 Å². The zero-order valence-corrected chi connectivity index (χ0v) is 9.11. The highest BCUT2D eigenvalue weighted by atomic mass is 32.1. The molecule has 0 aliphatic rings. The highest BCUT2D eigenvalue weighted by molar-refractivity contribution is 7.80. The van der Waals surface area contributed by atoms with Crippen molar-refractivity contribution in [1.29, 1.82) is 0 Å². The van der Waals surface area contributed by atoms with E-state index in [4.69, 9.17) is 23.7 Å². The minimum absolute atomic E-state index is 0.158. The third kappa shape index (κ3) is 1.94. The summed E-state index contributed by atoms with van der Waals surface area (Å²) in [7, 11) is 0. The molecule has 1 aromatic heterocycles. The summed E-state index contributed by atoms with van der Waals surface area (Å²) in [5.41, 5.74) is 12.0. The van der Waals surface area contributed by atoms with Crippen molar-refractivity contribution in [2.24, 2.45) is 0 Å². The lowest BCUT2D eigenvalue weighted by atomic mass is 10.3. The summed E-state index contributed by atoms with van der Waals surface area (Å²) in [5.74, 6) is 0.317. The maximum Gasteiger partial charge on any atom is 0.229 e. The lowest BCUT2D eigenvalue weighted by Crippen LogP contribution is -2.22. The van der Waals surface area contributed by atoms with E-state index in [-0.39, 0.29) is 11.9 Å². The number of nitrogens with zero attached hydrogens (tertiary/aromatic N) is 3. The van der Waals surface area contributed by atoms with Crippen LogP contribution in [0.3, 0.4) is 0 Å². The van der Waals surface area contributed by atoms with Crippen LogP contribution in [0.1, 0.15) is 0 Å². The first kappa shape index (κ1) is 10.4. The van der Waals surface area contributed by atoms with Crippen molar-refractivity contribution < 1.29 is 0 Å². The van der Waals surface area contributed by atoms with Gasteiger partial charge in [0.1, 0.15) is 0 Å². The van der Waals surface area contributed by atoms with Gasteiger partial charge in [-0.15, -0.1) is 10.2 Å². The molecule has 0 aliphatic heterocycles. The molecule has 0 fully saturated rings. The first-order valence-electron chi connectivity index (χ1n) is 4.51. The number of nitrogens with one attached hydrogen (secondary N) is 1. The Morgan fingerprint density at radius 3 is 2.25 bits per heavy atom. The molecule has 2 rings (SSSR count). The molecule has 7 heteroatoms. The van der Waals surface area contributed by atoms with Crippen molar-refractivity contribution in [2.45, 2.75) is 0 Å². The number of anilines is 3. The van der Waals surface area contributed by atoms with E-state index >= 15 is 0 Å². The van der Waals surface area contributed by atoms with Crippen LogP contribution >= 0.6 is 12.2 Å². The van der Waals surface area contributed by atoms with Crippen LogP contribution in [0.15, 0.2) is 30.3 Å². The standard InChI is InChI=1S/C9H10N6S/c10-7-13-14-8(11)15(7)9(16)12-6-4-2-1-3-5-6/h1-5H,(H2,10,13)(H2,11,14)(H,12,16). The number of benzene rings is 1. The summed E-state index contributed by atoms with van der Waals surface area (Å²) in [4.78, 5) is 0. The van der Waals surface area contributed by atoms with Crippen molar-refractivity contribution in [3.8, 4) is 0 Å². The Labute approximate surface area is 97.3 Å². The SMILES string of the molecule is Nc1nnc(N)n1C(=S)Nc1ccccc1. The van der Waals surface area contributed by atoms with Crippen LogP contribution in [0.5, 0.6) is 0 Å². The number of rotatable bonds is 1. The highest BCUT2D eigenvalue weighted by Crippen LogP contribution is 2.10. The zero-order chi connectivity index (χ0) is 11.5. The van der Waals surface area contributed by atoms with Gasteiger partial charge in [-0.1, -0.05) is 18.2 Å². The summed E-state index contributed by atoms with van der Waals surface area (Å²) in [6, 6.07) is 9.45. The highest BCUT2D eigenvalue weighted by Gasteiger charge is 2.10. The minimum atomic E-state index is 0.158. The average molecular weight is 234 g/mol. The normalized spacial score (nSPS) is 10.0. The molecule has 0 unspecified atom stereocenters. The van der Waals surface area contributed by atoms with Crippen molar-refractivity contribution >= 4 is 34.9 Å². The molecule has 0 amide bonds. The van der Waals surface area contributed by atoms with Gasteiger partial charge in [0.2, 0.25) is 11.9 Å². The Hall–Kier alpha value is -2.15. The van der Waals surface area contributed by atoms with Gasteiger partial charge in [-0.25, -0.2) is 4.57 Å². The molecule has 0 bridgehead atoms. The van der Waals surface area contributed by atoms with Crippen molar-refractivity contribution in [3.63, 3.8) is 0 Å². The smallest absolute Gasteiger partial charge is 0.229 e. The summed E-state index contributed by atoms with van der Waals surface area (Å²) in [6.45, 7) is 0. The van der Waals surface area contributed by atoms with Crippen LogP contribution in [-0.2, 0) is 0 Å². The van der Waals surface area contributed by atoms with E-state index in [2.05, 4.69) is 15.5 Å². The van der Waals surface area contributed by atoms with Gasteiger partial charge in [0, 0.05) is 5.69 Å². The van der Waals surface area contributed by atoms with E-state index in [1.165, 1.54) is 4.57 Å². The Morgan fingerprint density at radius 1 is 1.12 bits per heavy atom. The van der Waals surface area contributed by atoms with E-state index in [9.17, 15) is 0 Å². The molecule has 16 heavy (non-hydrogen) atoms. The fourth-order valence-electron chi connectivity index (χ4n) is 1.22. The van der Waals surface area contributed by atoms with E-state index in [0.29, 0.717) is 5.11 Å². The molecular weight excluding hydrogens is 224 g/mol. The van der Waals surface area contributed by atoms with Crippen LogP contribution in [0, 0.1) is 0 Å². The van der Waals surface area contributed by atoms with E-state index < -0.39 is 0 Å². The molecule has 0 atom stereocenters. The van der Waals surface area contributed by atoms with E-state index in [0.717, 1.165) is 5.69 Å². The van der Waals surface area contributed by atoms with Gasteiger partial charge in [-0.05, 0) is 24.4 Å². The largest absolute Gasteiger partial charge is 0.367 e. The van der Waals surface area contributed by atoms with Gasteiger partial charge in [-0.2, -0.15) is 0 Å². The molecule has 6 nitrogen and oxygen atoms in total. The van der Waals surface area contributed by atoms with Gasteiger partial charge >= 0.3 is 0 Å². The van der Waals surface area contributed by atoms with Crippen molar-refractivity contribution in [1.82, 2.24) is 14.8 Å². The molecule has 0 aliphatic carbocycles. The van der Waals surface area contributed by atoms with Crippen molar-refractivity contribution in [3.05, 3.63) is 30.3 Å². The summed E-state index contributed by atoms with van der Waals surface area (Å²) >= 11 is 5.14. The third-order valence-electron chi connectivity index (χ3n) is 1.94. The van der Waals surface area contributed by atoms with Crippen LogP contribution in [0.2, 0.25) is 0 Å². The van der Waals surface area contributed by atoms with Gasteiger partial charge in [0.15, 0.2) is 5.11 Å². The number of para-hydroxylation sites is 1. The van der Waals surface area contributed by atoms with Gasteiger partial charge in [-0.3, -0.25) is 0 Å². The molecular formula is C9H10N6S. The van der Waals surface area contributed by atoms with Crippen molar-refractivity contribution in [2.75, 3.05) is 16.8 Å². The average Bonchev–Trinajstić information content (AvgIpc) is 2.60. The zero-order valence-electron chi connectivity index (χ0n) is 8.29. The molecule has 5 N–H and O–H groups in total. The Morgan fingerprint density at radius 2 is 1.69 bits per heavy atom. The molecule has 1 aromatic carbocycles. The predicted octanol–water partition coefficient (Wildman–Crippen LogP) is 0.688. The molecule has 0 radical (unpaired) electrons. The summed E-state index contributed by atoms with van der Waals surface area (Å²) in [5, 5.41) is 10.6. The Kier molecular flexibility index (Phi) is 2.69. The molecule has 1 heterocycles. The van der Waals surface area contributed by atoms with Gasteiger partial charge in [0.05, 0.1) is 0 Å². The molecule has 0 saturated carbocycles. The van der Waals surface area contributed by atoms with Crippen LogP contribution < -0.4 is 16.8 Å². The lowest BCUT2D eigenvalue weighted by Gasteiger charge is -2.09. The molecule has 0 saturated heterocycles. The second kappa shape index (κ2) is 4.15. The summed E-state index contributed by atoms with van der Waals surface area (Å²) in [6.07, 6.45) is 0. The molecule has 2 aromatic rings. The first-order chi connectivity index (χ1) is 7.68. The molecule has 0 spiro atoms. The lowest BCUT2D eigenvalue weighted by molar-refractivity contribution is 1.11. The maximum atomic E-state index is 5.58. The number of aromatic nitrogens is 3. The van der Waals surface area contributed by atoms with Crippen LogP contribution in [0.25, 0.3) is 0 Å². The van der Waals surface area contributed by atoms with Gasteiger partial charge in [0.25, 0.3) is 0 Å². The third-order valence-corrected chi connectivity index (χ3v) is 2.23. The Balaban J connectivity index is 2.22. The molecule has 82 valence electrons. The number of hydrogen-bond acceptors (Lipinski definition) is 5. The van der Waals surface area contributed by atoms with E-state index in [1.54, 1.807) is 0 Å². The quantitative estimate of drug-likeness (QED) is 0.628. The number of nitrogen functional groups attached to an aromatic ring is 2. The monoisotopic (exact) mass is 234 g/mol. The van der Waals surface area contributed by atoms with Gasteiger partial charge < -0.3 is 16.8 Å².